The van der Waals surface area contributed by atoms with Crippen molar-refractivity contribution in [3.63, 3.8) is 0 Å². The minimum absolute atomic E-state index is 0. The second-order valence-electron chi connectivity index (χ2n) is 6.94. The molecule has 1 aromatic heterocycles. The molecule has 5 nitrogen and oxygen atoms in total. The Bertz CT molecular complexity index is 749. The van der Waals surface area contributed by atoms with E-state index in [1.54, 1.807) is 0 Å². The molecule has 1 fully saturated rings. The van der Waals surface area contributed by atoms with Crippen LogP contribution in [0.5, 0.6) is 0 Å². The van der Waals surface area contributed by atoms with Crippen molar-refractivity contribution in [2.45, 2.75) is 52.0 Å². The largest absolute Gasteiger partial charge is 0.444 e. The van der Waals surface area contributed by atoms with Crippen LogP contribution in [0.2, 0.25) is 0 Å². The standard InChI is InChI=1S/C20H27BrN4O.HI/c1-4-22-19(23-12-18-25-14(2)15(3)26-18)24-13-20(10-5-11-20)16-6-8-17(21)9-7-16;/h6-9H,4-5,10-13H2,1-3H3,(H2,22,23,24);1H. The third-order valence-electron chi connectivity index (χ3n) is 5.15. The van der Waals surface area contributed by atoms with Crippen molar-refractivity contribution in [3.05, 3.63) is 51.6 Å². The fraction of sp³-hybridized carbons (Fsp3) is 0.500. The first-order valence-electron chi connectivity index (χ1n) is 9.23. The number of benzene rings is 1. The Morgan fingerprint density at radius 1 is 1.22 bits per heavy atom. The highest BCUT2D eigenvalue weighted by Gasteiger charge is 2.38. The first-order chi connectivity index (χ1) is 12.5. The van der Waals surface area contributed by atoms with Crippen LogP contribution >= 0.6 is 39.9 Å². The highest BCUT2D eigenvalue weighted by atomic mass is 127. The Hall–Kier alpha value is -1.09. The summed E-state index contributed by atoms with van der Waals surface area (Å²) in [6.45, 7) is 8.09. The molecule has 1 saturated carbocycles. The van der Waals surface area contributed by atoms with Gasteiger partial charge in [-0.15, -0.1) is 24.0 Å². The summed E-state index contributed by atoms with van der Waals surface area (Å²) in [7, 11) is 0. The highest BCUT2D eigenvalue weighted by Crippen LogP contribution is 2.43. The minimum Gasteiger partial charge on any atom is -0.444 e. The minimum atomic E-state index is 0. The maximum atomic E-state index is 5.62. The molecule has 0 unspecified atom stereocenters. The molecule has 148 valence electrons. The van der Waals surface area contributed by atoms with Gasteiger partial charge in [0, 0.05) is 23.0 Å². The van der Waals surface area contributed by atoms with Crippen LogP contribution in [0.15, 0.2) is 38.1 Å². The molecule has 2 N–H and O–H groups in total. The Labute approximate surface area is 187 Å². The molecule has 0 aliphatic heterocycles. The summed E-state index contributed by atoms with van der Waals surface area (Å²) in [5, 5.41) is 6.84. The van der Waals surface area contributed by atoms with Gasteiger partial charge in [-0.3, -0.25) is 0 Å². The van der Waals surface area contributed by atoms with Crippen LogP contribution in [0.4, 0.5) is 0 Å². The maximum Gasteiger partial charge on any atom is 0.216 e. The summed E-state index contributed by atoms with van der Waals surface area (Å²) < 4.78 is 6.74. The number of rotatable bonds is 6. The van der Waals surface area contributed by atoms with Gasteiger partial charge in [-0.25, -0.2) is 9.98 Å². The third-order valence-corrected chi connectivity index (χ3v) is 5.68. The van der Waals surface area contributed by atoms with Crippen molar-refractivity contribution in [1.29, 1.82) is 0 Å². The molecule has 1 aliphatic carbocycles. The van der Waals surface area contributed by atoms with Gasteiger partial charge in [0.05, 0.1) is 5.69 Å². The number of hydrogen-bond donors (Lipinski definition) is 2. The van der Waals surface area contributed by atoms with E-state index in [0.29, 0.717) is 12.4 Å². The average molecular weight is 547 g/mol. The van der Waals surface area contributed by atoms with Crippen molar-refractivity contribution >= 4 is 45.9 Å². The molecule has 0 bridgehead atoms. The number of aryl methyl sites for hydroxylation is 2. The van der Waals surface area contributed by atoms with Crippen molar-refractivity contribution < 1.29 is 4.42 Å². The van der Waals surface area contributed by atoms with E-state index < -0.39 is 0 Å². The van der Waals surface area contributed by atoms with E-state index in [0.717, 1.165) is 35.0 Å². The SMILES string of the molecule is CCNC(=NCc1nc(C)c(C)o1)NCC1(c2ccc(Br)cc2)CCC1.I. The first-order valence-corrected chi connectivity index (χ1v) is 10.0. The van der Waals surface area contributed by atoms with E-state index in [4.69, 9.17) is 4.42 Å². The summed E-state index contributed by atoms with van der Waals surface area (Å²) in [5.74, 6) is 2.32. The van der Waals surface area contributed by atoms with Crippen LogP contribution in [0.3, 0.4) is 0 Å². The lowest BCUT2D eigenvalue weighted by Crippen LogP contribution is -2.48. The number of oxazole rings is 1. The summed E-state index contributed by atoms with van der Waals surface area (Å²) in [6.07, 6.45) is 3.69. The molecule has 1 aliphatic rings. The molecule has 1 aromatic carbocycles. The highest BCUT2D eigenvalue weighted by molar-refractivity contribution is 14.0. The van der Waals surface area contributed by atoms with Crippen molar-refractivity contribution in [3.8, 4) is 0 Å². The number of aromatic nitrogens is 1. The molecule has 0 atom stereocenters. The van der Waals surface area contributed by atoms with Gasteiger partial charge in [0.1, 0.15) is 12.3 Å². The number of nitrogens with one attached hydrogen (secondary N) is 2. The second-order valence-corrected chi connectivity index (χ2v) is 7.85. The molecule has 7 heteroatoms. The van der Waals surface area contributed by atoms with Crippen molar-refractivity contribution in [2.24, 2.45) is 4.99 Å². The fourth-order valence-electron chi connectivity index (χ4n) is 3.32. The Kier molecular flexibility index (Phi) is 8.15. The van der Waals surface area contributed by atoms with Gasteiger partial charge in [0.15, 0.2) is 5.96 Å². The van der Waals surface area contributed by atoms with E-state index >= 15 is 0 Å². The summed E-state index contributed by atoms with van der Waals surface area (Å²) >= 11 is 3.52. The Morgan fingerprint density at radius 3 is 2.44 bits per heavy atom. The molecule has 0 radical (unpaired) electrons. The van der Waals surface area contributed by atoms with Crippen LogP contribution in [-0.4, -0.2) is 24.0 Å². The number of aliphatic imine (C=N–C) groups is 1. The van der Waals surface area contributed by atoms with Crippen molar-refractivity contribution in [1.82, 2.24) is 15.6 Å². The fourth-order valence-corrected chi connectivity index (χ4v) is 3.59. The predicted molar refractivity (Wildman–Crippen MR) is 124 cm³/mol. The smallest absolute Gasteiger partial charge is 0.216 e. The zero-order valence-electron chi connectivity index (χ0n) is 16.1. The number of guanidine groups is 1. The molecule has 0 amide bonds. The van der Waals surface area contributed by atoms with Crippen LogP contribution in [0.25, 0.3) is 0 Å². The van der Waals surface area contributed by atoms with Gasteiger partial charge in [-0.05, 0) is 51.3 Å². The summed E-state index contributed by atoms with van der Waals surface area (Å²) in [4.78, 5) is 9.04. The zero-order chi connectivity index (χ0) is 18.6. The topological polar surface area (TPSA) is 62.5 Å². The summed E-state index contributed by atoms with van der Waals surface area (Å²) in [6, 6.07) is 8.71. The van der Waals surface area contributed by atoms with E-state index in [1.165, 1.54) is 24.8 Å². The van der Waals surface area contributed by atoms with E-state index in [9.17, 15) is 0 Å². The molecule has 0 saturated heterocycles. The molecular formula is C20H28BrIN4O. The first kappa shape index (κ1) is 22.2. The predicted octanol–water partition coefficient (Wildman–Crippen LogP) is 4.85. The lowest BCUT2D eigenvalue weighted by molar-refractivity contribution is 0.244. The third kappa shape index (κ3) is 5.47. The van der Waals surface area contributed by atoms with E-state index in [1.807, 2.05) is 13.8 Å². The molecule has 1 heterocycles. The summed E-state index contributed by atoms with van der Waals surface area (Å²) in [5.41, 5.74) is 2.53. The van der Waals surface area contributed by atoms with Crippen LogP contribution < -0.4 is 10.6 Å². The Morgan fingerprint density at radius 2 is 1.93 bits per heavy atom. The number of nitrogens with zero attached hydrogens (tertiary/aromatic N) is 2. The average Bonchev–Trinajstić information content (AvgIpc) is 2.91. The molecular weight excluding hydrogens is 519 g/mol. The molecule has 0 spiro atoms. The molecule has 27 heavy (non-hydrogen) atoms. The van der Waals surface area contributed by atoms with E-state index in [2.05, 4.69) is 67.7 Å². The van der Waals surface area contributed by atoms with Gasteiger partial charge < -0.3 is 15.1 Å². The quantitative estimate of drug-likeness (QED) is 0.309. The number of halogens is 2. The lowest BCUT2D eigenvalue weighted by atomic mass is 9.64. The van der Waals surface area contributed by atoms with Crippen molar-refractivity contribution in [2.75, 3.05) is 13.1 Å². The number of hydrogen-bond acceptors (Lipinski definition) is 3. The van der Waals surface area contributed by atoms with Crippen LogP contribution in [0, 0.1) is 13.8 Å². The van der Waals surface area contributed by atoms with Gasteiger partial charge in [0.2, 0.25) is 5.89 Å². The monoisotopic (exact) mass is 546 g/mol. The Balaban J connectivity index is 0.00000261. The second kappa shape index (κ2) is 9.91. The molecule has 3 rings (SSSR count). The lowest BCUT2D eigenvalue weighted by Gasteiger charge is -2.43. The van der Waals surface area contributed by atoms with Crippen LogP contribution in [0.1, 0.15) is 49.1 Å². The van der Waals surface area contributed by atoms with Crippen LogP contribution in [-0.2, 0) is 12.0 Å². The van der Waals surface area contributed by atoms with E-state index in [-0.39, 0.29) is 29.4 Å². The normalized spacial score (nSPS) is 15.6. The van der Waals surface area contributed by atoms with Gasteiger partial charge in [-0.1, -0.05) is 34.5 Å². The maximum absolute atomic E-state index is 5.62. The molecule has 2 aromatic rings. The van der Waals surface area contributed by atoms with Gasteiger partial charge >= 0.3 is 0 Å². The van der Waals surface area contributed by atoms with Gasteiger partial charge in [-0.2, -0.15) is 0 Å². The van der Waals surface area contributed by atoms with Gasteiger partial charge in [0.25, 0.3) is 0 Å². The zero-order valence-corrected chi connectivity index (χ0v) is 20.1.